The van der Waals surface area contributed by atoms with E-state index < -0.39 is 23.7 Å². The molecule has 2 rings (SSSR count). The fourth-order valence-electron chi connectivity index (χ4n) is 3.47. The van der Waals surface area contributed by atoms with E-state index in [0.717, 1.165) is 6.42 Å². The van der Waals surface area contributed by atoms with Crippen molar-refractivity contribution in [3.8, 4) is 0 Å². The van der Waals surface area contributed by atoms with Crippen LogP contribution in [-0.4, -0.2) is 22.9 Å². The highest BCUT2D eigenvalue weighted by Crippen LogP contribution is 2.27. The number of hydrogen-bond donors (Lipinski definition) is 3. The maximum atomic E-state index is 12.1. The van der Waals surface area contributed by atoms with Crippen LogP contribution < -0.4 is 10.9 Å². The molecule has 0 radical (unpaired) electrons. The largest absolute Gasteiger partial charge is 0.481 e. The second-order valence-corrected chi connectivity index (χ2v) is 6.57. The van der Waals surface area contributed by atoms with Crippen molar-refractivity contribution in [1.82, 2.24) is 10.9 Å². The Morgan fingerprint density at radius 3 is 2.26 bits per heavy atom. The Bertz CT molecular complexity index is 469. The van der Waals surface area contributed by atoms with Gasteiger partial charge in [0.05, 0.1) is 11.8 Å². The number of nitrogens with one attached hydrogen (secondary N) is 2. The molecule has 0 heterocycles. The summed E-state index contributed by atoms with van der Waals surface area (Å²) >= 11 is 0. The van der Waals surface area contributed by atoms with Crippen molar-refractivity contribution in [2.24, 2.45) is 17.8 Å². The lowest BCUT2D eigenvalue weighted by Gasteiger charge is -2.24. The highest BCUT2D eigenvalue weighted by atomic mass is 16.4. The van der Waals surface area contributed by atoms with Crippen LogP contribution in [0.1, 0.15) is 57.8 Å². The molecule has 0 aromatic rings. The van der Waals surface area contributed by atoms with Gasteiger partial charge in [-0.05, 0) is 25.2 Å². The van der Waals surface area contributed by atoms with Crippen LogP contribution in [0, 0.1) is 17.8 Å². The van der Waals surface area contributed by atoms with E-state index in [1.54, 1.807) is 6.08 Å². The first-order chi connectivity index (χ1) is 11.1. The predicted molar refractivity (Wildman–Crippen MR) is 85.1 cm³/mol. The van der Waals surface area contributed by atoms with Crippen molar-refractivity contribution in [2.45, 2.75) is 57.8 Å². The summed E-state index contributed by atoms with van der Waals surface area (Å²) in [4.78, 5) is 35.1. The summed E-state index contributed by atoms with van der Waals surface area (Å²) in [6.07, 6.45) is 11.7. The molecule has 2 amide bonds. The summed E-state index contributed by atoms with van der Waals surface area (Å²) in [6, 6.07) is 0. The van der Waals surface area contributed by atoms with Crippen LogP contribution in [0.5, 0.6) is 0 Å². The van der Waals surface area contributed by atoms with E-state index in [4.69, 9.17) is 5.11 Å². The monoisotopic (exact) mass is 322 g/mol. The van der Waals surface area contributed by atoms with Gasteiger partial charge in [-0.3, -0.25) is 25.2 Å². The van der Waals surface area contributed by atoms with E-state index in [1.165, 1.54) is 32.1 Å². The highest BCUT2D eigenvalue weighted by Gasteiger charge is 2.34. The number of hydrazine groups is 1. The van der Waals surface area contributed by atoms with Gasteiger partial charge in [-0.25, -0.2) is 0 Å². The Kier molecular flexibility index (Phi) is 6.62. The van der Waals surface area contributed by atoms with Crippen molar-refractivity contribution in [1.29, 1.82) is 0 Å². The maximum absolute atomic E-state index is 12.1. The van der Waals surface area contributed by atoms with Gasteiger partial charge in [0.15, 0.2) is 0 Å². The van der Waals surface area contributed by atoms with Gasteiger partial charge in [0.25, 0.3) is 0 Å². The Morgan fingerprint density at radius 2 is 1.61 bits per heavy atom. The lowest BCUT2D eigenvalue weighted by molar-refractivity contribution is -0.147. The van der Waals surface area contributed by atoms with Gasteiger partial charge in [0, 0.05) is 6.42 Å². The molecule has 6 heteroatoms. The first kappa shape index (κ1) is 17.5. The van der Waals surface area contributed by atoms with Crippen molar-refractivity contribution in [3.63, 3.8) is 0 Å². The second-order valence-electron chi connectivity index (χ2n) is 6.57. The molecule has 0 spiro atoms. The molecular formula is C17H26N2O4. The first-order valence-electron chi connectivity index (χ1n) is 8.54. The SMILES string of the molecule is O=C(CCC1CCCCC1)NNC(=O)[C@@H]1CC=CC[C@@H]1C(=O)O. The van der Waals surface area contributed by atoms with Crippen molar-refractivity contribution >= 4 is 17.8 Å². The molecule has 128 valence electrons. The van der Waals surface area contributed by atoms with Crippen LogP contribution in [0.2, 0.25) is 0 Å². The lowest BCUT2D eigenvalue weighted by Crippen LogP contribution is -2.47. The Hall–Kier alpha value is -1.85. The third kappa shape index (κ3) is 5.37. The number of rotatable bonds is 5. The van der Waals surface area contributed by atoms with Crippen LogP contribution in [-0.2, 0) is 14.4 Å². The van der Waals surface area contributed by atoms with Crippen molar-refractivity contribution < 1.29 is 19.5 Å². The molecule has 2 aliphatic rings. The minimum Gasteiger partial charge on any atom is -0.481 e. The van der Waals surface area contributed by atoms with Crippen LogP contribution in [0.25, 0.3) is 0 Å². The average molecular weight is 322 g/mol. The molecule has 3 N–H and O–H groups in total. The molecule has 1 saturated carbocycles. The summed E-state index contributed by atoms with van der Waals surface area (Å²) in [5.41, 5.74) is 4.81. The standard InChI is InChI=1S/C17H26N2O4/c20-15(11-10-12-6-2-1-3-7-12)18-19-16(21)13-8-4-5-9-14(13)17(22)23/h4-5,12-14H,1-3,6-11H2,(H,18,20)(H,19,21)(H,22,23)/t13-,14+/m1/s1. The molecule has 2 atom stereocenters. The summed E-state index contributed by atoms with van der Waals surface area (Å²) in [7, 11) is 0. The second kappa shape index (κ2) is 8.70. The molecule has 0 unspecified atom stereocenters. The van der Waals surface area contributed by atoms with Crippen LogP contribution >= 0.6 is 0 Å². The highest BCUT2D eigenvalue weighted by molar-refractivity contribution is 5.87. The summed E-state index contributed by atoms with van der Waals surface area (Å²) in [5.74, 6) is -2.34. The van der Waals surface area contributed by atoms with Crippen molar-refractivity contribution in [3.05, 3.63) is 12.2 Å². The number of carbonyl (C=O) groups is 3. The fraction of sp³-hybridized carbons (Fsp3) is 0.706. The topological polar surface area (TPSA) is 95.5 Å². The zero-order valence-electron chi connectivity index (χ0n) is 13.4. The van der Waals surface area contributed by atoms with Gasteiger partial charge in [0.2, 0.25) is 11.8 Å². The Morgan fingerprint density at radius 1 is 0.957 bits per heavy atom. The number of amides is 2. The Balaban J connectivity index is 1.71. The number of allylic oxidation sites excluding steroid dienone is 2. The number of carboxylic acids is 1. The van der Waals surface area contributed by atoms with Crippen LogP contribution in [0.3, 0.4) is 0 Å². The smallest absolute Gasteiger partial charge is 0.307 e. The van der Waals surface area contributed by atoms with E-state index >= 15 is 0 Å². The van der Waals surface area contributed by atoms with Gasteiger partial charge in [-0.2, -0.15) is 0 Å². The molecule has 6 nitrogen and oxygen atoms in total. The molecule has 0 saturated heterocycles. The van der Waals surface area contributed by atoms with Crippen LogP contribution in [0.4, 0.5) is 0 Å². The molecule has 0 bridgehead atoms. The minimum absolute atomic E-state index is 0.206. The molecule has 0 aliphatic heterocycles. The lowest BCUT2D eigenvalue weighted by atomic mass is 9.82. The van der Waals surface area contributed by atoms with E-state index in [1.807, 2.05) is 6.08 Å². The first-order valence-corrected chi connectivity index (χ1v) is 8.54. The molecule has 1 fully saturated rings. The molecular weight excluding hydrogens is 296 g/mol. The normalized spacial score (nSPS) is 24.9. The van der Waals surface area contributed by atoms with E-state index in [-0.39, 0.29) is 5.91 Å². The van der Waals surface area contributed by atoms with Gasteiger partial charge < -0.3 is 5.11 Å². The maximum Gasteiger partial charge on any atom is 0.307 e. The zero-order valence-corrected chi connectivity index (χ0v) is 13.4. The number of hydrogen-bond acceptors (Lipinski definition) is 3. The minimum atomic E-state index is -0.974. The summed E-state index contributed by atoms with van der Waals surface area (Å²) in [6.45, 7) is 0. The van der Waals surface area contributed by atoms with Crippen molar-refractivity contribution in [2.75, 3.05) is 0 Å². The number of carboxylic acid groups (broad SMARTS) is 1. The summed E-state index contributed by atoms with van der Waals surface area (Å²) < 4.78 is 0. The number of aliphatic carboxylic acids is 1. The molecule has 0 aromatic heterocycles. The third-order valence-corrected chi connectivity index (χ3v) is 4.92. The van der Waals surface area contributed by atoms with E-state index in [0.29, 0.717) is 25.2 Å². The molecule has 2 aliphatic carbocycles. The third-order valence-electron chi connectivity index (χ3n) is 4.92. The molecule has 0 aromatic carbocycles. The zero-order chi connectivity index (χ0) is 16.7. The van der Waals surface area contributed by atoms with Gasteiger partial charge >= 0.3 is 5.97 Å². The van der Waals surface area contributed by atoms with Crippen LogP contribution in [0.15, 0.2) is 12.2 Å². The number of carbonyl (C=O) groups excluding carboxylic acids is 2. The van der Waals surface area contributed by atoms with Gasteiger partial charge in [-0.15, -0.1) is 0 Å². The predicted octanol–water partition coefficient (Wildman–Crippen LogP) is 2.16. The average Bonchev–Trinajstić information content (AvgIpc) is 2.58. The van der Waals surface area contributed by atoms with Gasteiger partial charge in [0.1, 0.15) is 0 Å². The quantitative estimate of drug-likeness (QED) is 0.534. The summed E-state index contributed by atoms with van der Waals surface area (Å²) in [5, 5.41) is 9.16. The van der Waals surface area contributed by atoms with Gasteiger partial charge in [-0.1, -0.05) is 44.3 Å². The molecule has 23 heavy (non-hydrogen) atoms. The fourth-order valence-corrected chi connectivity index (χ4v) is 3.47. The van der Waals surface area contributed by atoms with E-state index in [2.05, 4.69) is 10.9 Å². The van der Waals surface area contributed by atoms with E-state index in [9.17, 15) is 14.4 Å². The Labute approximate surface area is 136 Å².